The third kappa shape index (κ3) is 3.03. The lowest BCUT2D eigenvalue weighted by Crippen LogP contribution is -2.35. The lowest BCUT2D eigenvalue weighted by Gasteiger charge is -2.20. The van der Waals surface area contributed by atoms with Gasteiger partial charge in [-0.3, -0.25) is 0 Å². The van der Waals surface area contributed by atoms with Crippen molar-refractivity contribution < 1.29 is 0 Å². The molecule has 2 fully saturated rings. The first-order chi connectivity index (χ1) is 8.76. The van der Waals surface area contributed by atoms with Crippen LogP contribution in [0.2, 0.25) is 0 Å². The highest BCUT2D eigenvalue weighted by Crippen LogP contribution is 2.60. The van der Waals surface area contributed by atoms with E-state index in [4.69, 9.17) is 4.98 Å². The third-order valence-electron chi connectivity index (χ3n) is 4.30. The Hall–Kier alpha value is -0.410. The maximum absolute atomic E-state index is 5.01. The van der Waals surface area contributed by atoms with Gasteiger partial charge in [-0.2, -0.15) is 0 Å². The molecule has 0 saturated heterocycles. The van der Waals surface area contributed by atoms with Crippen LogP contribution in [-0.4, -0.2) is 10.5 Å². The molecule has 0 spiro atoms. The second-order valence-corrected chi connectivity index (χ2v) is 9.10. The average Bonchev–Trinajstić information content (AvgIpc) is 3.16. The summed E-state index contributed by atoms with van der Waals surface area (Å²) in [6.45, 7) is 12.4. The largest absolute Gasteiger partial charge is 0.307 e. The van der Waals surface area contributed by atoms with E-state index in [1.54, 1.807) is 0 Å². The topological polar surface area (TPSA) is 24.9 Å². The second kappa shape index (κ2) is 4.29. The fraction of sp³-hybridized carbons (Fsp3) is 0.812. The molecule has 3 rings (SSSR count). The van der Waals surface area contributed by atoms with Crippen LogP contribution in [0.25, 0.3) is 0 Å². The molecule has 2 aliphatic carbocycles. The van der Waals surface area contributed by atoms with E-state index in [0.29, 0.717) is 5.41 Å². The van der Waals surface area contributed by atoms with Gasteiger partial charge in [-0.05, 0) is 45.4 Å². The number of aromatic nitrogens is 1. The van der Waals surface area contributed by atoms with E-state index in [1.807, 2.05) is 11.3 Å². The van der Waals surface area contributed by atoms with Crippen molar-refractivity contribution in [2.75, 3.05) is 0 Å². The van der Waals surface area contributed by atoms with Crippen molar-refractivity contribution in [1.82, 2.24) is 10.3 Å². The van der Waals surface area contributed by atoms with Gasteiger partial charge in [0, 0.05) is 28.8 Å². The third-order valence-corrected chi connectivity index (χ3v) is 5.48. The van der Waals surface area contributed by atoms with Crippen LogP contribution in [0, 0.1) is 5.41 Å². The van der Waals surface area contributed by atoms with Gasteiger partial charge in [0.25, 0.3) is 0 Å². The van der Waals surface area contributed by atoms with Gasteiger partial charge in [0.05, 0.1) is 10.7 Å². The number of hydrogen-bond donors (Lipinski definition) is 1. The highest BCUT2D eigenvalue weighted by molar-refractivity contribution is 7.11. The van der Waals surface area contributed by atoms with E-state index in [9.17, 15) is 0 Å². The summed E-state index contributed by atoms with van der Waals surface area (Å²) in [6, 6.07) is 0. The summed E-state index contributed by atoms with van der Waals surface area (Å²) >= 11 is 1.97. The molecule has 0 bridgehead atoms. The Balaban J connectivity index is 1.78. The Morgan fingerprint density at radius 3 is 2.42 bits per heavy atom. The number of rotatable bonds is 4. The monoisotopic (exact) mass is 278 g/mol. The van der Waals surface area contributed by atoms with Crippen LogP contribution in [0.3, 0.4) is 0 Å². The Labute approximate surface area is 121 Å². The minimum atomic E-state index is 0.184. The van der Waals surface area contributed by atoms with Gasteiger partial charge in [-0.25, -0.2) is 4.98 Å². The first kappa shape index (κ1) is 13.6. The average molecular weight is 278 g/mol. The molecule has 1 aromatic heterocycles. The molecule has 1 unspecified atom stereocenters. The van der Waals surface area contributed by atoms with Crippen molar-refractivity contribution in [2.24, 2.45) is 5.41 Å². The Kier molecular flexibility index (Phi) is 3.06. The lowest BCUT2D eigenvalue weighted by atomic mass is 10.1. The van der Waals surface area contributed by atoms with Gasteiger partial charge < -0.3 is 5.32 Å². The summed E-state index contributed by atoms with van der Waals surface area (Å²) in [5, 5.41) is 5.03. The number of thiazole rings is 1. The van der Waals surface area contributed by atoms with E-state index in [-0.39, 0.29) is 5.54 Å². The van der Waals surface area contributed by atoms with Gasteiger partial charge in [0.15, 0.2) is 0 Å². The zero-order valence-corrected chi connectivity index (χ0v) is 13.7. The van der Waals surface area contributed by atoms with Gasteiger partial charge in [0.1, 0.15) is 0 Å². The molecule has 1 heterocycles. The SMILES string of the molecule is CC(C)(C)NCc1sc(C2CC2(C)C)nc1C1CC1. The first-order valence-corrected chi connectivity index (χ1v) is 8.32. The molecule has 2 nitrogen and oxygen atoms in total. The smallest absolute Gasteiger partial charge is 0.0968 e. The van der Waals surface area contributed by atoms with E-state index in [1.165, 1.54) is 34.8 Å². The minimum absolute atomic E-state index is 0.184. The van der Waals surface area contributed by atoms with E-state index < -0.39 is 0 Å². The van der Waals surface area contributed by atoms with Crippen molar-refractivity contribution in [3.05, 3.63) is 15.6 Å². The van der Waals surface area contributed by atoms with E-state index in [2.05, 4.69) is 39.9 Å². The van der Waals surface area contributed by atoms with Gasteiger partial charge >= 0.3 is 0 Å². The van der Waals surface area contributed by atoms with Crippen LogP contribution in [0.4, 0.5) is 0 Å². The van der Waals surface area contributed by atoms with Crippen LogP contribution in [0.5, 0.6) is 0 Å². The van der Waals surface area contributed by atoms with Crippen molar-refractivity contribution in [3.8, 4) is 0 Å². The summed E-state index contributed by atoms with van der Waals surface area (Å²) in [4.78, 5) is 6.50. The molecule has 1 aromatic rings. The normalized spacial score (nSPS) is 25.6. The van der Waals surface area contributed by atoms with E-state index in [0.717, 1.165) is 18.4 Å². The Bertz CT molecular complexity index is 477. The summed E-state index contributed by atoms with van der Waals surface area (Å²) in [6.07, 6.45) is 4.01. The highest BCUT2D eigenvalue weighted by atomic mass is 32.1. The molecule has 0 radical (unpaired) electrons. The standard InChI is InChI=1S/C16H26N2S/c1-15(2,3)17-9-12-13(10-6-7-10)18-14(19-12)11-8-16(11,4)5/h10-11,17H,6-9H2,1-5H3. The molecule has 1 atom stereocenters. The molecule has 106 valence electrons. The molecule has 0 aromatic carbocycles. The number of nitrogens with one attached hydrogen (secondary N) is 1. The summed E-state index contributed by atoms with van der Waals surface area (Å²) in [5.41, 5.74) is 2.09. The molecule has 0 amide bonds. The van der Waals surface area contributed by atoms with Crippen LogP contribution >= 0.6 is 11.3 Å². The van der Waals surface area contributed by atoms with Crippen LogP contribution in [0.1, 0.15) is 81.3 Å². The zero-order valence-electron chi connectivity index (χ0n) is 12.8. The van der Waals surface area contributed by atoms with Crippen molar-refractivity contribution in [2.45, 2.75) is 77.8 Å². The molecule has 1 N–H and O–H groups in total. The fourth-order valence-corrected chi connectivity index (χ4v) is 3.97. The Morgan fingerprint density at radius 1 is 1.32 bits per heavy atom. The van der Waals surface area contributed by atoms with Crippen molar-refractivity contribution >= 4 is 11.3 Å². The molecular formula is C16H26N2S. The number of hydrogen-bond acceptors (Lipinski definition) is 3. The van der Waals surface area contributed by atoms with Crippen molar-refractivity contribution in [3.63, 3.8) is 0 Å². The minimum Gasteiger partial charge on any atom is -0.307 e. The fourth-order valence-electron chi connectivity index (χ4n) is 2.57. The molecule has 19 heavy (non-hydrogen) atoms. The molecule has 0 aliphatic heterocycles. The highest BCUT2D eigenvalue weighted by Gasteiger charge is 2.49. The first-order valence-electron chi connectivity index (χ1n) is 7.51. The maximum atomic E-state index is 5.01. The van der Waals surface area contributed by atoms with Gasteiger partial charge in [0.2, 0.25) is 0 Å². The summed E-state index contributed by atoms with van der Waals surface area (Å²) in [5.74, 6) is 1.49. The number of nitrogens with zero attached hydrogens (tertiary/aromatic N) is 1. The predicted octanol–water partition coefficient (Wildman–Crippen LogP) is 4.42. The molecule has 2 aliphatic rings. The van der Waals surface area contributed by atoms with Crippen molar-refractivity contribution in [1.29, 1.82) is 0 Å². The second-order valence-electron chi connectivity index (χ2n) is 7.98. The van der Waals surface area contributed by atoms with Crippen LogP contribution < -0.4 is 5.32 Å². The quantitative estimate of drug-likeness (QED) is 0.881. The summed E-state index contributed by atoms with van der Waals surface area (Å²) < 4.78 is 0. The Morgan fingerprint density at radius 2 is 1.95 bits per heavy atom. The molecule has 2 saturated carbocycles. The summed E-state index contributed by atoms with van der Waals surface area (Å²) in [7, 11) is 0. The zero-order chi connectivity index (χ0) is 13.8. The van der Waals surface area contributed by atoms with Crippen LogP contribution in [-0.2, 0) is 6.54 Å². The van der Waals surface area contributed by atoms with Gasteiger partial charge in [-0.1, -0.05) is 13.8 Å². The molecule has 3 heteroatoms. The molecular weight excluding hydrogens is 252 g/mol. The van der Waals surface area contributed by atoms with E-state index >= 15 is 0 Å². The van der Waals surface area contributed by atoms with Gasteiger partial charge in [-0.15, -0.1) is 11.3 Å². The van der Waals surface area contributed by atoms with Crippen LogP contribution in [0.15, 0.2) is 0 Å². The maximum Gasteiger partial charge on any atom is 0.0968 e. The predicted molar refractivity (Wildman–Crippen MR) is 81.8 cm³/mol. The lowest BCUT2D eigenvalue weighted by molar-refractivity contribution is 0.425.